The Morgan fingerprint density at radius 2 is 1.82 bits per heavy atom. The molecule has 2 nitrogen and oxygen atoms in total. The molecule has 2 N–H and O–H groups in total. The van der Waals surface area contributed by atoms with Gasteiger partial charge >= 0.3 is 0 Å². The topological polar surface area (TPSA) is 29.3 Å². The van der Waals surface area contributed by atoms with E-state index >= 15 is 0 Å². The Hall–Kier alpha value is -0.0800. The molecule has 2 aliphatic rings. The SMILES string of the molecule is CCN(CC1(C)CCCC1N)C1CCCCC1. The summed E-state index contributed by atoms with van der Waals surface area (Å²) in [5.74, 6) is 0. The van der Waals surface area contributed by atoms with Crippen LogP contribution in [0.4, 0.5) is 0 Å². The number of nitrogens with two attached hydrogens (primary N) is 1. The van der Waals surface area contributed by atoms with Gasteiger partial charge in [0.2, 0.25) is 0 Å². The largest absolute Gasteiger partial charge is 0.327 e. The molecule has 0 aromatic carbocycles. The summed E-state index contributed by atoms with van der Waals surface area (Å²) in [6.07, 6.45) is 11.0. The summed E-state index contributed by atoms with van der Waals surface area (Å²) in [6.45, 7) is 7.16. The second kappa shape index (κ2) is 5.71. The number of hydrogen-bond donors (Lipinski definition) is 1. The van der Waals surface area contributed by atoms with Crippen molar-refractivity contribution in [2.75, 3.05) is 13.1 Å². The molecule has 0 bridgehead atoms. The van der Waals surface area contributed by atoms with Gasteiger partial charge < -0.3 is 10.6 Å². The Labute approximate surface area is 107 Å². The molecule has 0 aliphatic heterocycles. The van der Waals surface area contributed by atoms with Gasteiger partial charge in [0.25, 0.3) is 0 Å². The van der Waals surface area contributed by atoms with Crippen LogP contribution < -0.4 is 5.73 Å². The predicted octanol–water partition coefficient (Wildman–Crippen LogP) is 3.16. The third kappa shape index (κ3) is 3.03. The van der Waals surface area contributed by atoms with E-state index in [0.29, 0.717) is 11.5 Å². The zero-order chi connectivity index (χ0) is 12.3. The maximum absolute atomic E-state index is 6.32. The first-order valence-corrected chi connectivity index (χ1v) is 7.65. The van der Waals surface area contributed by atoms with E-state index in [0.717, 1.165) is 6.04 Å². The normalized spacial score (nSPS) is 35.6. The Kier molecular flexibility index (Phi) is 4.48. The molecule has 0 heterocycles. The summed E-state index contributed by atoms with van der Waals surface area (Å²) < 4.78 is 0. The fourth-order valence-corrected chi connectivity index (χ4v) is 3.87. The van der Waals surface area contributed by atoms with Crippen molar-refractivity contribution < 1.29 is 0 Å². The first-order chi connectivity index (χ1) is 8.15. The molecule has 2 aliphatic carbocycles. The zero-order valence-electron chi connectivity index (χ0n) is 11.8. The molecule has 2 rings (SSSR count). The zero-order valence-corrected chi connectivity index (χ0v) is 11.8. The highest BCUT2D eigenvalue weighted by Gasteiger charge is 2.38. The lowest BCUT2D eigenvalue weighted by Gasteiger charge is -2.40. The van der Waals surface area contributed by atoms with Crippen LogP contribution in [0.25, 0.3) is 0 Å². The summed E-state index contributed by atoms with van der Waals surface area (Å²) in [6, 6.07) is 1.28. The molecule has 0 amide bonds. The lowest BCUT2D eigenvalue weighted by atomic mass is 9.83. The van der Waals surface area contributed by atoms with Crippen LogP contribution in [0.2, 0.25) is 0 Å². The summed E-state index contributed by atoms with van der Waals surface area (Å²) in [4.78, 5) is 2.73. The summed E-state index contributed by atoms with van der Waals surface area (Å²) in [5, 5.41) is 0. The van der Waals surface area contributed by atoms with Crippen LogP contribution in [-0.4, -0.2) is 30.1 Å². The van der Waals surface area contributed by atoms with E-state index in [1.807, 2.05) is 0 Å². The van der Waals surface area contributed by atoms with E-state index in [1.54, 1.807) is 0 Å². The fourth-order valence-electron chi connectivity index (χ4n) is 3.87. The highest BCUT2D eigenvalue weighted by atomic mass is 15.2. The molecular formula is C15H30N2. The maximum atomic E-state index is 6.32. The predicted molar refractivity (Wildman–Crippen MR) is 74.1 cm³/mol. The smallest absolute Gasteiger partial charge is 0.0105 e. The van der Waals surface area contributed by atoms with Gasteiger partial charge in [0.1, 0.15) is 0 Å². The van der Waals surface area contributed by atoms with Crippen LogP contribution in [0.5, 0.6) is 0 Å². The van der Waals surface area contributed by atoms with Crippen LogP contribution in [0.3, 0.4) is 0 Å². The van der Waals surface area contributed by atoms with Crippen molar-refractivity contribution in [1.29, 1.82) is 0 Å². The van der Waals surface area contributed by atoms with Crippen molar-refractivity contribution >= 4 is 0 Å². The van der Waals surface area contributed by atoms with Gasteiger partial charge in [-0.15, -0.1) is 0 Å². The van der Waals surface area contributed by atoms with Gasteiger partial charge in [0.15, 0.2) is 0 Å². The lowest BCUT2D eigenvalue weighted by Crippen LogP contribution is -2.48. The molecule has 17 heavy (non-hydrogen) atoms. The molecule has 0 spiro atoms. The maximum Gasteiger partial charge on any atom is 0.0105 e. The summed E-state index contributed by atoms with van der Waals surface area (Å²) in [5.41, 5.74) is 6.70. The molecular weight excluding hydrogens is 208 g/mol. The van der Waals surface area contributed by atoms with Crippen molar-refractivity contribution in [3.05, 3.63) is 0 Å². The van der Waals surface area contributed by atoms with Gasteiger partial charge in [0.05, 0.1) is 0 Å². The Morgan fingerprint density at radius 3 is 2.35 bits per heavy atom. The highest BCUT2D eigenvalue weighted by molar-refractivity contribution is 4.94. The summed E-state index contributed by atoms with van der Waals surface area (Å²) >= 11 is 0. The third-order valence-corrected chi connectivity index (χ3v) is 5.22. The molecule has 0 saturated heterocycles. The number of hydrogen-bond acceptors (Lipinski definition) is 2. The van der Waals surface area contributed by atoms with E-state index in [-0.39, 0.29) is 0 Å². The first-order valence-electron chi connectivity index (χ1n) is 7.65. The van der Waals surface area contributed by atoms with E-state index in [1.165, 1.54) is 64.5 Å². The molecule has 2 unspecified atom stereocenters. The minimum absolute atomic E-state index is 0.382. The molecule has 0 aromatic heterocycles. The van der Waals surface area contributed by atoms with Crippen molar-refractivity contribution in [3.8, 4) is 0 Å². The average Bonchev–Trinajstić information content (AvgIpc) is 2.68. The Bertz CT molecular complexity index is 235. The third-order valence-electron chi connectivity index (χ3n) is 5.22. The van der Waals surface area contributed by atoms with Crippen LogP contribution in [0.1, 0.15) is 65.2 Å². The lowest BCUT2D eigenvalue weighted by molar-refractivity contribution is 0.0955. The summed E-state index contributed by atoms with van der Waals surface area (Å²) in [7, 11) is 0. The van der Waals surface area contributed by atoms with Gasteiger partial charge in [-0.3, -0.25) is 0 Å². The Morgan fingerprint density at radius 1 is 1.12 bits per heavy atom. The molecule has 2 atom stereocenters. The van der Waals surface area contributed by atoms with Crippen molar-refractivity contribution in [1.82, 2.24) is 4.90 Å². The molecule has 2 heteroatoms. The van der Waals surface area contributed by atoms with Crippen LogP contribution in [0, 0.1) is 5.41 Å². The number of rotatable bonds is 4. The second-order valence-corrected chi connectivity index (χ2v) is 6.51. The van der Waals surface area contributed by atoms with Crippen molar-refractivity contribution in [2.45, 2.75) is 77.3 Å². The van der Waals surface area contributed by atoms with E-state index in [9.17, 15) is 0 Å². The van der Waals surface area contributed by atoms with Gasteiger partial charge in [-0.2, -0.15) is 0 Å². The number of nitrogens with zero attached hydrogens (tertiary/aromatic N) is 1. The van der Waals surface area contributed by atoms with Gasteiger partial charge in [-0.05, 0) is 37.6 Å². The highest BCUT2D eigenvalue weighted by Crippen LogP contribution is 2.38. The Balaban J connectivity index is 1.94. The van der Waals surface area contributed by atoms with Gasteiger partial charge in [-0.1, -0.05) is 39.5 Å². The van der Waals surface area contributed by atoms with Gasteiger partial charge in [-0.25, -0.2) is 0 Å². The van der Waals surface area contributed by atoms with Crippen LogP contribution in [0.15, 0.2) is 0 Å². The van der Waals surface area contributed by atoms with Crippen molar-refractivity contribution in [3.63, 3.8) is 0 Å². The van der Waals surface area contributed by atoms with E-state index in [2.05, 4.69) is 18.7 Å². The fraction of sp³-hybridized carbons (Fsp3) is 1.00. The minimum atomic E-state index is 0.382. The molecule has 2 saturated carbocycles. The van der Waals surface area contributed by atoms with E-state index < -0.39 is 0 Å². The standard InChI is InChI=1S/C15H30N2/c1-3-17(13-8-5-4-6-9-13)12-15(2)11-7-10-14(15)16/h13-14H,3-12,16H2,1-2H3. The second-order valence-electron chi connectivity index (χ2n) is 6.51. The van der Waals surface area contributed by atoms with Gasteiger partial charge in [0, 0.05) is 18.6 Å². The van der Waals surface area contributed by atoms with E-state index in [4.69, 9.17) is 5.73 Å². The average molecular weight is 238 g/mol. The molecule has 2 fully saturated rings. The van der Waals surface area contributed by atoms with Crippen LogP contribution >= 0.6 is 0 Å². The quantitative estimate of drug-likeness (QED) is 0.815. The van der Waals surface area contributed by atoms with Crippen molar-refractivity contribution in [2.24, 2.45) is 11.1 Å². The first kappa shape index (κ1) is 13.4. The van der Waals surface area contributed by atoms with Crippen LogP contribution in [-0.2, 0) is 0 Å². The molecule has 100 valence electrons. The minimum Gasteiger partial charge on any atom is -0.327 e. The molecule has 0 radical (unpaired) electrons. The monoisotopic (exact) mass is 238 g/mol. The molecule has 0 aromatic rings.